The Bertz CT molecular complexity index is 467. The highest BCUT2D eigenvalue weighted by Gasteiger charge is 2.03. The van der Waals surface area contributed by atoms with E-state index in [2.05, 4.69) is 21.5 Å². The number of hydrogen-bond acceptors (Lipinski definition) is 3. The lowest BCUT2D eigenvalue weighted by molar-refractivity contribution is 0.654. The molecule has 2 heterocycles. The van der Waals surface area contributed by atoms with E-state index in [9.17, 15) is 0 Å². The summed E-state index contributed by atoms with van der Waals surface area (Å²) in [5, 5.41) is 3.17. The molecule has 0 saturated carbocycles. The molecular weight excluding hydrogens is 226 g/mol. The van der Waals surface area contributed by atoms with E-state index in [4.69, 9.17) is 12.2 Å². The van der Waals surface area contributed by atoms with Crippen LogP contribution in [-0.2, 0) is 19.4 Å². The van der Waals surface area contributed by atoms with Gasteiger partial charge in [-0.1, -0.05) is 6.92 Å². The van der Waals surface area contributed by atoms with E-state index in [-0.39, 0.29) is 0 Å². The van der Waals surface area contributed by atoms with E-state index in [0.29, 0.717) is 0 Å². The summed E-state index contributed by atoms with van der Waals surface area (Å²) in [6.07, 6.45) is 5.79. The largest absolute Gasteiger partial charge is 0.337 e. The van der Waals surface area contributed by atoms with Gasteiger partial charge in [-0.3, -0.25) is 0 Å². The van der Waals surface area contributed by atoms with Crippen LogP contribution in [0, 0.1) is 4.77 Å². The second kappa shape index (κ2) is 4.72. The lowest BCUT2D eigenvalue weighted by Crippen LogP contribution is -2.04. The number of thiazole rings is 1. The van der Waals surface area contributed by atoms with Crippen LogP contribution >= 0.6 is 23.6 Å². The van der Waals surface area contributed by atoms with Crippen LogP contribution < -0.4 is 0 Å². The molecule has 2 aromatic heterocycles. The van der Waals surface area contributed by atoms with Crippen molar-refractivity contribution >= 4 is 23.6 Å². The molecule has 2 aromatic rings. The molecule has 0 saturated heterocycles. The lowest BCUT2D eigenvalue weighted by atomic mass is 10.3. The maximum absolute atomic E-state index is 5.22. The van der Waals surface area contributed by atoms with Crippen molar-refractivity contribution in [2.45, 2.75) is 26.3 Å². The number of aromatic amines is 1. The standard InChI is InChI=1S/C10H13N3S2/c1-2-8-7-12-10(14)13(8)5-3-9-11-4-6-15-9/h4,6-7H,2-3,5H2,1H3,(H,12,14). The average Bonchev–Trinajstić information content (AvgIpc) is 2.84. The highest BCUT2D eigenvalue weighted by Crippen LogP contribution is 2.09. The Morgan fingerprint density at radius 1 is 1.60 bits per heavy atom. The van der Waals surface area contributed by atoms with Crippen LogP contribution in [0.1, 0.15) is 17.6 Å². The monoisotopic (exact) mass is 239 g/mol. The second-order valence-corrected chi connectivity index (χ2v) is 4.63. The number of aromatic nitrogens is 3. The Kier molecular flexibility index (Phi) is 3.33. The Labute approximate surface area is 97.8 Å². The normalized spacial score (nSPS) is 10.7. The van der Waals surface area contributed by atoms with Crippen molar-refractivity contribution in [1.82, 2.24) is 14.5 Å². The van der Waals surface area contributed by atoms with Gasteiger partial charge in [-0.15, -0.1) is 11.3 Å². The Hall–Kier alpha value is -0.940. The molecule has 0 aliphatic heterocycles. The number of nitrogens with one attached hydrogen (secondary N) is 1. The van der Waals surface area contributed by atoms with Gasteiger partial charge in [0.25, 0.3) is 0 Å². The third-order valence-corrected chi connectivity index (χ3v) is 3.53. The molecule has 0 spiro atoms. The number of rotatable bonds is 4. The van der Waals surface area contributed by atoms with E-state index in [1.54, 1.807) is 11.3 Å². The van der Waals surface area contributed by atoms with Crippen molar-refractivity contribution in [3.05, 3.63) is 33.2 Å². The fourth-order valence-electron chi connectivity index (χ4n) is 1.55. The van der Waals surface area contributed by atoms with Crippen LogP contribution in [0.2, 0.25) is 0 Å². The maximum atomic E-state index is 5.22. The Morgan fingerprint density at radius 2 is 2.47 bits per heavy atom. The first-order chi connectivity index (χ1) is 7.31. The summed E-state index contributed by atoms with van der Waals surface area (Å²) in [5.74, 6) is 0. The van der Waals surface area contributed by atoms with Crippen molar-refractivity contribution in [1.29, 1.82) is 0 Å². The Balaban J connectivity index is 2.10. The Morgan fingerprint density at radius 3 is 3.13 bits per heavy atom. The minimum atomic E-state index is 0.809. The molecule has 80 valence electrons. The summed E-state index contributed by atoms with van der Waals surface area (Å²) in [6, 6.07) is 0. The fraction of sp³-hybridized carbons (Fsp3) is 0.400. The molecule has 0 aliphatic rings. The number of imidazole rings is 1. The molecular formula is C10H13N3S2. The highest BCUT2D eigenvalue weighted by atomic mass is 32.1. The van der Waals surface area contributed by atoms with Crippen molar-refractivity contribution in [2.24, 2.45) is 0 Å². The van der Waals surface area contributed by atoms with E-state index >= 15 is 0 Å². The molecule has 0 fully saturated rings. The van der Waals surface area contributed by atoms with E-state index in [0.717, 1.165) is 24.2 Å². The molecule has 0 aromatic carbocycles. The predicted molar refractivity (Wildman–Crippen MR) is 64.8 cm³/mol. The van der Waals surface area contributed by atoms with Crippen LogP contribution in [0.3, 0.4) is 0 Å². The number of aryl methyl sites for hydroxylation is 2. The van der Waals surface area contributed by atoms with Crippen molar-refractivity contribution in [2.75, 3.05) is 0 Å². The third kappa shape index (κ3) is 2.35. The minimum absolute atomic E-state index is 0.809. The first-order valence-corrected chi connectivity index (χ1v) is 6.25. The zero-order valence-corrected chi connectivity index (χ0v) is 10.2. The minimum Gasteiger partial charge on any atom is -0.337 e. The van der Waals surface area contributed by atoms with E-state index in [1.165, 1.54) is 10.7 Å². The van der Waals surface area contributed by atoms with Crippen LogP contribution in [0.5, 0.6) is 0 Å². The molecule has 15 heavy (non-hydrogen) atoms. The van der Waals surface area contributed by atoms with Crippen LogP contribution in [0.4, 0.5) is 0 Å². The molecule has 0 bridgehead atoms. The summed E-state index contributed by atoms with van der Waals surface area (Å²) >= 11 is 6.92. The maximum Gasteiger partial charge on any atom is 0.177 e. The molecule has 3 nitrogen and oxygen atoms in total. The van der Waals surface area contributed by atoms with Gasteiger partial charge in [0, 0.05) is 36.4 Å². The van der Waals surface area contributed by atoms with Crippen molar-refractivity contribution in [3.63, 3.8) is 0 Å². The van der Waals surface area contributed by atoms with Crippen molar-refractivity contribution in [3.8, 4) is 0 Å². The van der Waals surface area contributed by atoms with E-state index < -0.39 is 0 Å². The summed E-state index contributed by atoms with van der Waals surface area (Å²) in [6.45, 7) is 3.05. The van der Waals surface area contributed by atoms with Gasteiger partial charge in [-0.05, 0) is 18.6 Å². The predicted octanol–water partition coefficient (Wildman–Crippen LogP) is 2.81. The first kappa shape index (κ1) is 10.6. The average molecular weight is 239 g/mol. The third-order valence-electron chi connectivity index (χ3n) is 2.35. The number of H-pyrrole nitrogens is 1. The lowest BCUT2D eigenvalue weighted by Gasteiger charge is -2.04. The van der Waals surface area contributed by atoms with Gasteiger partial charge >= 0.3 is 0 Å². The van der Waals surface area contributed by atoms with Gasteiger partial charge in [-0.2, -0.15) is 0 Å². The second-order valence-electron chi connectivity index (χ2n) is 3.27. The van der Waals surface area contributed by atoms with Gasteiger partial charge in [0.15, 0.2) is 4.77 Å². The molecule has 0 atom stereocenters. The summed E-state index contributed by atoms with van der Waals surface area (Å²) in [4.78, 5) is 7.34. The van der Waals surface area contributed by atoms with Gasteiger partial charge in [0.05, 0.1) is 5.01 Å². The van der Waals surface area contributed by atoms with Gasteiger partial charge in [0.2, 0.25) is 0 Å². The quantitative estimate of drug-likeness (QED) is 0.832. The molecule has 0 radical (unpaired) electrons. The first-order valence-electron chi connectivity index (χ1n) is 4.96. The topological polar surface area (TPSA) is 33.6 Å². The SMILES string of the molecule is CCc1c[nH]c(=S)n1CCc1nccs1. The zero-order valence-electron chi connectivity index (χ0n) is 8.56. The smallest absolute Gasteiger partial charge is 0.177 e. The van der Waals surface area contributed by atoms with Gasteiger partial charge in [0.1, 0.15) is 0 Å². The fourth-order valence-corrected chi connectivity index (χ4v) is 2.43. The molecule has 0 aliphatic carbocycles. The molecule has 2 rings (SSSR count). The summed E-state index contributed by atoms with van der Waals surface area (Å²) in [5.41, 5.74) is 1.26. The zero-order chi connectivity index (χ0) is 10.7. The van der Waals surface area contributed by atoms with Crippen LogP contribution in [0.25, 0.3) is 0 Å². The van der Waals surface area contributed by atoms with E-state index in [1.807, 2.05) is 17.8 Å². The summed E-state index contributed by atoms with van der Waals surface area (Å²) < 4.78 is 2.96. The summed E-state index contributed by atoms with van der Waals surface area (Å²) in [7, 11) is 0. The van der Waals surface area contributed by atoms with Gasteiger partial charge in [-0.25, -0.2) is 4.98 Å². The van der Waals surface area contributed by atoms with Gasteiger partial charge < -0.3 is 9.55 Å². The molecule has 0 amide bonds. The number of nitrogens with zero attached hydrogens (tertiary/aromatic N) is 2. The molecule has 0 unspecified atom stereocenters. The highest BCUT2D eigenvalue weighted by molar-refractivity contribution is 7.71. The number of hydrogen-bond donors (Lipinski definition) is 1. The van der Waals surface area contributed by atoms with Crippen molar-refractivity contribution < 1.29 is 0 Å². The molecule has 1 N–H and O–H groups in total. The molecule has 5 heteroatoms. The van der Waals surface area contributed by atoms with Crippen LogP contribution in [-0.4, -0.2) is 14.5 Å². The van der Waals surface area contributed by atoms with Crippen LogP contribution in [0.15, 0.2) is 17.8 Å².